The van der Waals surface area contributed by atoms with Gasteiger partial charge in [-0.3, -0.25) is 0 Å². The first-order valence-electron chi connectivity index (χ1n) is 9.79. The lowest BCUT2D eigenvalue weighted by molar-refractivity contribution is 1.05. The Morgan fingerprint density at radius 1 is 0.613 bits per heavy atom. The molecular formula is C25H18N6. The lowest BCUT2D eigenvalue weighted by Gasteiger charge is -2.26. The summed E-state index contributed by atoms with van der Waals surface area (Å²) in [5.41, 5.74) is 5.72. The van der Waals surface area contributed by atoms with Crippen LogP contribution in [0.3, 0.4) is 0 Å². The molecule has 0 unspecified atom stereocenters. The van der Waals surface area contributed by atoms with Crippen LogP contribution in [-0.4, -0.2) is 19.1 Å². The van der Waals surface area contributed by atoms with Gasteiger partial charge in [0, 0.05) is 53.2 Å². The van der Waals surface area contributed by atoms with E-state index >= 15 is 0 Å². The molecule has 5 rings (SSSR count). The van der Waals surface area contributed by atoms with Crippen molar-refractivity contribution in [1.82, 2.24) is 19.1 Å². The second-order valence-electron chi connectivity index (χ2n) is 6.97. The van der Waals surface area contributed by atoms with E-state index < -0.39 is 0 Å². The van der Waals surface area contributed by atoms with Crippen LogP contribution in [0.15, 0.2) is 110 Å². The summed E-state index contributed by atoms with van der Waals surface area (Å²) in [6, 6.07) is 26.4. The summed E-state index contributed by atoms with van der Waals surface area (Å²) in [5, 5.41) is 9.16. The van der Waals surface area contributed by atoms with Crippen LogP contribution in [0.2, 0.25) is 0 Å². The smallest absolute Gasteiger partial charge is 0.0991 e. The van der Waals surface area contributed by atoms with Crippen molar-refractivity contribution in [3.8, 4) is 17.4 Å². The third-order valence-corrected chi connectivity index (χ3v) is 5.08. The van der Waals surface area contributed by atoms with Gasteiger partial charge in [0.05, 0.1) is 24.3 Å². The van der Waals surface area contributed by atoms with Gasteiger partial charge < -0.3 is 14.0 Å². The van der Waals surface area contributed by atoms with Crippen LogP contribution in [0.1, 0.15) is 5.56 Å². The van der Waals surface area contributed by atoms with Gasteiger partial charge in [-0.15, -0.1) is 0 Å². The molecule has 0 spiro atoms. The Morgan fingerprint density at radius 3 is 1.39 bits per heavy atom. The van der Waals surface area contributed by atoms with E-state index in [9.17, 15) is 0 Å². The monoisotopic (exact) mass is 402 g/mol. The van der Waals surface area contributed by atoms with Crippen molar-refractivity contribution in [3.05, 3.63) is 116 Å². The summed E-state index contributed by atoms with van der Waals surface area (Å²) in [5.74, 6) is 0. The molecule has 6 nitrogen and oxygen atoms in total. The number of nitrogens with zero attached hydrogens (tertiary/aromatic N) is 6. The molecule has 2 aromatic heterocycles. The minimum atomic E-state index is 0.634. The van der Waals surface area contributed by atoms with Crippen LogP contribution in [0.4, 0.5) is 17.1 Å². The first-order chi connectivity index (χ1) is 15.3. The molecule has 0 amide bonds. The number of nitriles is 1. The lowest BCUT2D eigenvalue weighted by atomic mass is 10.1. The zero-order valence-corrected chi connectivity index (χ0v) is 16.6. The standard InChI is InChI=1S/C25H18N6/c26-17-20-1-3-23(4-2-20)31(24-9-5-21(6-10-24)29-15-13-27-18-29)25-11-7-22(8-12-25)30-16-14-28-19-30/h1-16,18-19H. The fraction of sp³-hybridized carbons (Fsp3) is 0. The number of rotatable bonds is 5. The molecule has 0 aliphatic heterocycles. The number of benzene rings is 3. The fourth-order valence-corrected chi connectivity index (χ4v) is 3.50. The summed E-state index contributed by atoms with van der Waals surface area (Å²) in [6.07, 6.45) is 10.9. The van der Waals surface area contributed by atoms with E-state index in [1.54, 1.807) is 25.0 Å². The minimum Gasteiger partial charge on any atom is -0.310 e. The normalized spacial score (nSPS) is 10.5. The van der Waals surface area contributed by atoms with Gasteiger partial charge in [-0.1, -0.05) is 0 Å². The number of imidazole rings is 2. The highest BCUT2D eigenvalue weighted by Gasteiger charge is 2.13. The Labute approximate surface area is 179 Å². The molecule has 0 atom stereocenters. The largest absolute Gasteiger partial charge is 0.310 e. The fourth-order valence-electron chi connectivity index (χ4n) is 3.50. The van der Waals surface area contributed by atoms with E-state index in [0.29, 0.717) is 5.56 Å². The number of aromatic nitrogens is 4. The van der Waals surface area contributed by atoms with E-state index in [0.717, 1.165) is 28.4 Å². The first kappa shape index (κ1) is 18.4. The number of hydrogen-bond acceptors (Lipinski definition) is 4. The van der Waals surface area contributed by atoms with E-state index in [2.05, 4.69) is 69.5 Å². The molecule has 2 heterocycles. The van der Waals surface area contributed by atoms with Crippen molar-refractivity contribution in [1.29, 1.82) is 5.26 Å². The molecule has 6 heteroatoms. The Kier molecular flexibility index (Phi) is 4.76. The zero-order chi connectivity index (χ0) is 21.0. The molecular weight excluding hydrogens is 384 g/mol. The maximum Gasteiger partial charge on any atom is 0.0991 e. The lowest BCUT2D eigenvalue weighted by Crippen LogP contribution is -2.10. The van der Waals surface area contributed by atoms with Crippen molar-refractivity contribution in [2.24, 2.45) is 0 Å². The third-order valence-electron chi connectivity index (χ3n) is 5.08. The summed E-state index contributed by atoms with van der Waals surface area (Å²) in [7, 11) is 0. The summed E-state index contributed by atoms with van der Waals surface area (Å²) < 4.78 is 3.94. The first-order valence-corrected chi connectivity index (χ1v) is 9.79. The van der Waals surface area contributed by atoms with Gasteiger partial charge in [0.2, 0.25) is 0 Å². The van der Waals surface area contributed by atoms with Crippen LogP contribution in [0, 0.1) is 11.3 Å². The summed E-state index contributed by atoms with van der Waals surface area (Å²) >= 11 is 0. The van der Waals surface area contributed by atoms with Crippen LogP contribution in [0.5, 0.6) is 0 Å². The van der Waals surface area contributed by atoms with E-state index in [4.69, 9.17) is 5.26 Å². The molecule has 0 saturated carbocycles. The molecule has 3 aromatic carbocycles. The molecule has 0 aliphatic rings. The van der Waals surface area contributed by atoms with Gasteiger partial charge in [-0.2, -0.15) is 5.26 Å². The van der Waals surface area contributed by atoms with Crippen LogP contribution in [0.25, 0.3) is 11.4 Å². The molecule has 5 aromatic rings. The molecule has 0 bridgehead atoms. The van der Waals surface area contributed by atoms with Gasteiger partial charge in [0.1, 0.15) is 0 Å². The van der Waals surface area contributed by atoms with Crippen molar-refractivity contribution < 1.29 is 0 Å². The van der Waals surface area contributed by atoms with Crippen molar-refractivity contribution in [2.75, 3.05) is 4.90 Å². The van der Waals surface area contributed by atoms with Gasteiger partial charge >= 0.3 is 0 Å². The van der Waals surface area contributed by atoms with E-state index in [-0.39, 0.29) is 0 Å². The Bertz CT molecular complexity index is 1220. The second kappa shape index (κ2) is 8.01. The molecule has 0 aliphatic carbocycles. The predicted octanol–water partition coefficient (Wildman–Crippen LogP) is 5.40. The Hall–Kier alpha value is -4.63. The molecule has 0 radical (unpaired) electrons. The minimum absolute atomic E-state index is 0.634. The number of hydrogen-bond donors (Lipinski definition) is 0. The third kappa shape index (κ3) is 3.68. The highest BCUT2D eigenvalue weighted by Crippen LogP contribution is 2.35. The maximum absolute atomic E-state index is 9.16. The summed E-state index contributed by atoms with van der Waals surface area (Å²) in [4.78, 5) is 10.4. The topological polar surface area (TPSA) is 62.7 Å². The highest BCUT2D eigenvalue weighted by molar-refractivity contribution is 5.77. The molecule has 0 saturated heterocycles. The van der Waals surface area contributed by atoms with Crippen molar-refractivity contribution in [3.63, 3.8) is 0 Å². The quantitative estimate of drug-likeness (QED) is 0.395. The zero-order valence-electron chi connectivity index (χ0n) is 16.6. The number of anilines is 3. The SMILES string of the molecule is N#Cc1ccc(N(c2ccc(-n3ccnc3)cc2)c2ccc(-n3ccnc3)cc2)cc1. The van der Waals surface area contributed by atoms with Crippen LogP contribution >= 0.6 is 0 Å². The Morgan fingerprint density at radius 2 is 1.03 bits per heavy atom. The second-order valence-corrected chi connectivity index (χ2v) is 6.97. The van der Waals surface area contributed by atoms with E-state index in [1.165, 1.54) is 0 Å². The molecule has 148 valence electrons. The highest BCUT2D eigenvalue weighted by atomic mass is 15.1. The van der Waals surface area contributed by atoms with Crippen molar-refractivity contribution >= 4 is 17.1 Å². The van der Waals surface area contributed by atoms with Gasteiger partial charge in [0.25, 0.3) is 0 Å². The average Bonchev–Trinajstić information content (AvgIpc) is 3.56. The van der Waals surface area contributed by atoms with Crippen molar-refractivity contribution in [2.45, 2.75) is 0 Å². The van der Waals surface area contributed by atoms with Gasteiger partial charge in [-0.05, 0) is 72.8 Å². The van der Waals surface area contributed by atoms with Crippen LogP contribution in [-0.2, 0) is 0 Å². The molecule has 0 fully saturated rings. The maximum atomic E-state index is 9.16. The summed E-state index contributed by atoms with van der Waals surface area (Å²) in [6.45, 7) is 0. The average molecular weight is 402 g/mol. The van der Waals surface area contributed by atoms with Crippen LogP contribution < -0.4 is 4.90 Å². The van der Waals surface area contributed by atoms with Gasteiger partial charge in [0.15, 0.2) is 0 Å². The van der Waals surface area contributed by atoms with E-state index in [1.807, 2.05) is 45.8 Å². The predicted molar refractivity (Wildman–Crippen MR) is 120 cm³/mol. The Balaban J connectivity index is 1.55. The molecule has 31 heavy (non-hydrogen) atoms. The molecule has 0 N–H and O–H groups in total. The van der Waals surface area contributed by atoms with Gasteiger partial charge in [-0.25, -0.2) is 9.97 Å².